The van der Waals surface area contributed by atoms with E-state index in [4.69, 9.17) is 9.47 Å². The molecule has 0 saturated heterocycles. The number of pyridine rings is 1. The smallest absolute Gasteiger partial charge is 0.214 e. The number of hydrogen-bond acceptors (Lipinski definition) is 4. The van der Waals surface area contributed by atoms with Crippen molar-refractivity contribution in [3.63, 3.8) is 0 Å². The topological polar surface area (TPSA) is 43.4 Å². The summed E-state index contributed by atoms with van der Waals surface area (Å²) in [4.78, 5) is 4.51. The minimum absolute atomic E-state index is 0.503. The van der Waals surface area contributed by atoms with Crippen molar-refractivity contribution in [3.05, 3.63) is 53.2 Å². The molecule has 0 spiro atoms. The average molecular weight is 286 g/mol. The van der Waals surface area contributed by atoms with Crippen LogP contribution in [0, 0.1) is 0 Å². The zero-order valence-corrected chi connectivity index (χ0v) is 12.8. The number of hydrogen-bond donors (Lipinski definition) is 1. The van der Waals surface area contributed by atoms with Crippen LogP contribution in [0.15, 0.2) is 36.4 Å². The van der Waals surface area contributed by atoms with Crippen LogP contribution in [0.3, 0.4) is 0 Å². The van der Waals surface area contributed by atoms with Gasteiger partial charge in [0.15, 0.2) is 0 Å². The Balaban J connectivity index is 2.05. The fourth-order valence-corrected chi connectivity index (χ4v) is 2.06. The molecule has 0 fully saturated rings. The van der Waals surface area contributed by atoms with E-state index in [-0.39, 0.29) is 0 Å². The Morgan fingerprint density at radius 1 is 1.10 bits per heavy atom. The Bertz CT molecular complexity index is 568. The second-order valence-electron chi connectivity index (χ2n) is 4.83. The van der Waals surface area contributed by atoms with Crippen LogP contribution < -0.4 is 14.8 Å². The van der Waals surface area contributed by atoms with E-state index in [2.05, 4.69) is 23.3 Å². The molecule has 0 aliphatic carbocycles. The lowest BCUT2D eigenvalue weighted by molar-refractivity contribution is 0.292. The number of rotatable bonds is 7. The molecule has 0 saturated carbocycles. The van der Waals surface area contributed by atoms with Gasteiger partial charge in [-0.15, -0.1) is 0 Å². The summed E-state index contributed by atoms with van der Waals surface area (Å²) < 4.78 is 11.0. The molecule has 112 valence electrons. The average Bonchev–Trinajstić information content (AvgIpc) is 2.53. The zero-order valence-electron chi connectivity index (χ0n) is 12.8. The normalized spacial score (nSPS) is 10.4. The molecule has 0 unspecified atom stereocenters. The molecular formula is C17H22N2O2. The molecular weight excluding hydrogens is 264 g/mol. The summed E-state index contributed by atoms with van der Waals surface area (Å²) >= 11 is 0. The lowest BCUT2D eigenvalue weighted by Crippen LogP contribution is -2.07. The van der Waals surface area contributed by atoms with E-state index >= 15 is 0 Å². The lowest BCUT2D eigenvalue weighted by Gasteiger charge is -2.10. The molecule has 0 bridgehead atoms. The van der Waals surface area contributed by atoms with Gasteiger partial charge < -0.3 is 14.8 Å². The SMILES string of the molecule is CCc1cc(CNC)cc(OCc2ccc(OC)cc2)n1. The Hall–Kier alpha value is -2.07. The van der Waals surface area contributed by atoms with E-state index in [9.17, 15) is 0 Å². The molecule has 0 aliphatic heterocycles. The molecule has 1 aromatic heterocycles. The fourth-order valence-electron chi connectivity index (χ4n) is 2.06. The van der Waals surface area contributed by atoms with Crippen molar-refractivity contribution in [2.45, 2.75) is 26.5 Å². The van der Waals surface area contributed by atoms with Gasteiger partial charge in [0.1, 0.15) is 12.4 Å². The van der Waals surface area contributed by atoms with Crippen molar-refractivity contribution in [2.75, 3.05) is 14.2 Å². The van der Waals surface area contributed by atoms with Crippen LogP contribution in [0.4, 0.5) is 0 Å². The highest BCUT2D eigenvalue weighted by Crippen LogP contribution is 2.16. The van der Waals surface area contributed by atoms with Gasteiger partial charge >= 0.3 is 0 Å². The minimum atomic E-state index is 0.503. The van der Waals surface area contributed by atoms with Crippen LogP contribution in [0.1, 0.15) is 23.7 Å². The molecule has 4 nitrogen and oxygen atoms in total. The van der Waals surface area contributed by atoms with E-state index < -0.39 is 0 Å². The van der Waals surface area contributed by atoms with Crippen LogP contribution in [0.2, 0.25) is 0 Å². The van der Waals surface area contributed by atoms with Crippen LogP contribution >= 0.6 is 0 Å². The first-order valence-electron chi connectivity index (χ1n) is 7.15. The number of nitrogens with zero attached hydrogens (tertiary/aromatic N) is 1. The first kappa shape index (κ1) is 15.3. The maximum absolute atomic E-state index is 5.82. The van der Waals surface area contributed by atoms with Gasteiger partial charge in [-0.05, 0) is 42.8 Å². The summed E-state index contributed by atoms with van der Waals surface area (Å²) in [6.45, 7) is 3.41. The van der Waals surface area contributed by atoms with E-state index in [0.717, 1.165) is 30.0 Å². The van der Waals surface area contributed by atoms with Gasteiger partial charge in [0.2, 0.25) is 5.88 Å². The molecule has 1 aromatic carbocycles. The third kappa shape index (κ3) is 4.46. The number of ether oxygens (including phenoxy) is 2. The molecule has 4 heteroatoms. The minimum Gasteiger partial charge on any atom is -0.497 e. The van der Waals surface area contributed by atoms with Crippen molar-refractivity contribution in [1.29, 1.82) is 0 Å². The first-order chi connectivity index (χ1) is 10.2. The molecule has 1 N–H and O–H groups in total. The van der Waals surface area contributed by atoms with Crippen molar-refractivity contribution < 1.29 is 9.47 Å². The quantitative estimate of drug-likeness (QED) is 0.850. The number of nitrogens with one attached hydrogen (secondary N) is 1. The molecule has 0 atom stereocenters. The van der Waals surface area contributed by atoms with Gasteiger partial charge in [-0.1, -0.05) is 19.1 Å². The van der Waals surface area contributed by atoms with E-state index in [1.807, 2.05) is 37.4 Å². The Morgan fingerprint density at radius 2 is 1.86 bits per heavy atom. The van der Waals surface area contributed by atoms with Crippen molar-refractivity contribution in [3.8, 4) is 11.6 Å². The van der Waals surface area contributed by atoms with Gasteiger partial charge in [0.05, 0.1) is 7.11 Å². The summed E-state index contributed by atoms with van der Waals surface area (Å²) in [7, 11) is 3.60. The third-order valence-electron chi connectivity index (χ3n) is 3.20. The highest BCUT2D eigenvalue weighted by molar-refractivity contribution is 5.28. The fraction of sp³-hybridized carbons (Fsp3) is 0.353. The van der Waals surface area contributed by atoms with Crippen molar-refractivity contribution >= 4 is 0 Å². The predicted molar refractivity (Wildman–Crippen MR) is 83.7 cm³/mol. The van der Waals surface area contributed by atoms with Crippen molar-refractivity contribution in [1.82, 2.24) is 10.3 Å². The predicted octanol–water partition coefficient (Wildman–Crippen LogP) is 2.95. The maximum Gasteiger partial charge on any atom is 0.214 e. The van der Waals surface area contributed by atoms with Crippen LogP contribution in [-0.4, -0.2) is 19.1 Å². The van der Waals surface area contributed by atoms with Gasteiger partial charge in [0.25, 0.3) is 0 Å². The summed E-state index contributed by atoms with van der Waals surface area (Å²) in [5.74, 6) is 1.52. The largest absolute Gasteiger partial charge is 0.497 e. The monoisotopic (exact) mass is 286 g/mol. The zero-order chi connectivity index (χ0) is 15.1. The molecule has 0 aliphatic rings. The molecule has 2 rings (SSSR count). The molecule has 0 amide bonds. The summed E-state index contributed by atoms with van der Waals surface area (Å²) in [5.41, 5.74) is 3.33. The van der Waals surface area contributed by atoms with E-state index in [1.165, 1.54) is 5.56 Å². The van der Waals surface area contributed by atoms with Crippen LogP contribution in [-0.2, 0) is 19.6 Å². The standard InChI is InChI=1S/C17H22N2O2/c1-4-15-9-14(11-18-2)10-17(19-15)21-12-13-5-7-16(20-3)8-6-13/h5-10,18H,4,11-12H2,1-3H3. The summed E-state index contributed by atoms with van der Waals surface area (Å²) in [5, 5.41) is 3.15. The molecule has 21 heavy (non-hydrogen) atoms. The second kappa shape index (κ2) is 7.64. The van der Waals surface area contributed by atoms with E-state index in [0.29, 0.717) is 12.5 Å². The molecule has 1 heterocycles. The van der Waals surface area contributed by atoms with Crippen LogP contribution in [0.25, 0.3) is 0 Å². The highest BCUT2D eigenvalue weighted by atomic mass is 16.5. The van der Waals surface area contributed by atoms with Crippen LogP contribution in [0.5, 0.6) is 11.6 Å². The summed E-state index contributed by atoms with van der Waals surface area (Å²) in [6, 6.07) is 12.0. The van der Waals surface area contributed by atoms with Gasteiger partial charge in [-0.3, -0.25) is 0 Å². The first-order valence-corrected chi connectivity index (χ1v) is 7.15. The van der Waals surface area contributed by atoms with Gasteiger partial charge in [-0.25, -0.2) is 4.98 Å². The van der Waals surface area contributed by atoms with E-state index in [1.54, 1.807) is 7.11 Å². The van der Waals surface area contributed by atoms with Gasteiger partial charge in [-0.2, -0.15) is 0 Å². The Labute approximate surface area is 126 Å². The lowest BCUT2D eigenvalue weighted by atomic mass is 10.2. The highest BCUT2D eigenvalue weighted by Gasteiger charge is 2.03. The van der Waals surface area contributed by atoms with Gasteiger partial charge in [0, 0.05) is 18.3 Å². The Kier molecular flexibility index (Phi) is 5.58. The summed E-state index contributed by atoms with van der Waals surface area (Å²) in [6.07, 6.45) is 0.899. The van der Waals surface area contributed by atoms with Crippen molar-refractivity contribution in [2.24, 2.45) is 0 Å². The molecule has 2 aromatic rings. The number of benzene rings is 1. The third-order valence-corrected chi connectivity index (χ3v) is 3.20. The molecule has 0 radical (unpaired) electrons. The maximum atomic E-state index is 5.82. The number of aryl methyl sites for hydroxylation is 1. The number of aromatic nitrogens is 1. The number of methoxy groups -OCH3 is 1. The second-order valence-corrected chi connectivity index (χ2v) is 4.83. The Morgan fingerprint density at radius 3 is 2.48 bits per heavy atom.